The van der Waals surface area contributed by atoms with Gasteiger partial charge in [0, 0.05) is 6.04 Å². The quantitative estimate of drug-likeness (QED) is 0.805. The van der Waals surface area contributed by atoms with Crippen LogP contribution in [0, 0.1) is 6.92 Å². The second-order valence-electron chi connectivity index (χ2n) is 4.95. The molecule has 0 amide bonds. The van der Waals surface area contributed by atoms with Crippen LogP contribution in [-0.4, -0.2) is 0 Å². The zero-order chi connectivity index (χ0) is 13.7. The first-order valence-electron chi connectivity index (χ1n) is 7.12. The van der Waals surface area contributed by atoms with E-state index in [1.54, 1.807) is 0 Å². The molecule has 2 heteroatoms. The van der Waals surface area contributed by atoms with Crippen LogP contribution in [0.1, 0.15) is 55.9 Å². The first-order chi connectivity index (χ1) is 9.24. The lowest BCUT2D eigenvalue weighted by atomic mass is 10.0. The molecule has 2 rings (SSSR count). The average Bonchev–Trinajstić information content (AvgIpc) is 2.88. The van der Waals surface area contributed by atoms with Gasteiger partial charge < -0.3 is 9.73 Å². The third-order valence-corrected chi connectivity index (χ3v) is 3.53. The van der Waals surface area contributed by atoms with Gasteiger partial charge in [0.15, 0.2) is 0 Å². The minimum atomic E-state index is 0.277. The van der Waals surface area contributed by atoms with Crippen molar-refractivity contribution >= 4 is 0 Å². The third kappa shape index (κ3) is 3.48. The zero-order valence-corrected chi connectivity index (χ0v) is 12.0. The number of benzene rings is 1. The van der Waals surface area contributed by atoms with Gasteiger partial charge in [0.25, 0.3) is 0 Å². The molecule has 0 radical (unpaired) electrons. The monoisotopic (exact) mass is 257 g/mol. The smallest absolute Gasteiger partial charge is 0.121 e. The normalized spacial score (nSPS) is 14.3. The summed E-state index contributed by atoms with van der Waals surface area (Å²) in [5, 5.41) is 3.71. The maximum atomic E-state index is 5.76. The van der Waals surface area contributed by atoms with Crippen LogP contribution in [0.2, 0.25) is 0 Å². The summed E-state index contributed by atoms with van der Waals surface area (Å²) in [6.07, 6.45) is 2.09. The van der Waals surface area contributed by atoms with E-state index in [9.17, 15) is 0 Å². The summed E-state index contributed by atoms with van der Waals surface area (Å²) in [6, 6.07) is 15.4. The fraction of sp³-hybridized carbons (Fsp3) is 0.412. The van der Waals surface area contributed by atoms with Gasteiger partial charge in [-0.3, -0.25) is 0 Å². The molecule has 2 unspecified atom stereocenters. The molecule has 0 saturated carbocycles. The molecule has 1 aromatic heterocycles. The third-order valence-electron chi connectivity index (χ3n) is 3.53. The van der Waals surface area contributed by atoms with Crippen LogP contribution in [0.5, 0.6) is 0 Å². The second-order valence-corrected chi connectivity index (χ2v) is 4.95. The molecule has 102 valence electrons. The number of nitrogens with one attached hydrogen (secondary N) is 1. The Labute approximate surface area is 115 Å². The summed E-state index contributed by atoms with van der Waals surface area (Å²) >= 11 is 0. The molecule has 0 bridgehead atoms. The van der Waals surface area contributed by atoms with Crippen molar-refractivity contribution in [2.45, 2.75) is 45.7 Å². The van der Waals surface area contributed by atoms with E-state index in [2.05, 4.69) is 55.6 Å². The summed E-state index contributed by atoms with van der Waals surface area (Å²) in [5.41, 5.74) is 1.34. The van der Waals surface area contributed by atoms with Crippen molar-refractivity contribution < 1.29 is 4.42 Å². The van der Waals surface area contributed by atoms with Crippen LogP contribution in [0.15, 0.2) is 46.9 Å². The Hall–Kier alpha value is -1.54. The number of furan rings is 1. The Balaban J connectivity index is 2.12. The zero-order valence-electron chi connectivity index (χ0n) is 12.0. The van der Waals surface area contributed by atoms with Crippen LogP contribution >= 0.6 is 0 Å². The predicted molar refractivity (Wildman–Crippen MR) is 79.1 cm³/mol. The van der Waals surface area contributed by atoms with E-state index >= 15 is 0 Å². The molecular weight excluding hydrogens is 234 g/mol. The molecule has 2 aromatic rings. The van der Waals surface area contributed by atoms with E-state index < -0.39 is 0 Å². The minimum Gasteiger partial charge on any atom is -0.465 e. The van der Waals surface area contributed by atoms with Gasteiger partial charge in [-0.1, -0.05) is 44.2 Å². The number of rotatable bonds is 6. The molecule has 2 atom stereocenters. The Morgan fingerprint density at radius 2 is 1.63 bits per heavy atom. The van der Waals surface area contributed by atoms with Gasteiger partial charge in [-0.15, -0.1) is 0 Å². The van der Waals surface area contributed by atoms with Crippen molar-refractivity contribution in [2.75, 3.05) is 0 Å². The maximum absolute atomic E-state index is 5.76. The largest absolute Gasteiger partial charge is 0.465 e. The first kappa shape index (κ1) is 13.9. The lowest BCUT2D eigenvalue weighted by Crippen LogP contribution is -2.25. The average molecular weight is 257 g/mol. The Kier molecular flexibility index (Phi) is 4.80. The number of hydrogen-bond donors (Lipinski definition) is 1. The molecule has 0 saturated heterocycles. The van der Waals surface area contributed by atoms with E-state index in [0.717, 1.165) is 24.4 Å². The summed E-state index contributed by atoms with van der Waals surface area (Å²) in [5.74, 6) is 2.01. The lowest BCUT2D eigenvalue weighted by molar-refractivity contribution is 0.355. The van der Waals surface area contributed by atoms with Gasteiger partial charge in [0.1, 0.15) is 11.5 Å². The summed E-state index contributed by atoms with van der Waals surface area (Å²) < 4.78 is 5.76. The van der Waals surface area contributed by atoms with E-state index in [1.165, 1.54) is 5.56 Å². The highest BCUT2D eigenvalue weighted by molar-refractivity contribution is 5.19. The molecular formula is C17H23NO. The van der Waals surface area contributed by atoms with Gasteiger partial charge in [-0.05, 0) is 37.5 Å². The van der Waals surface area contributed by atoms with E-state index in [-0.39, 0.29) is 6.04 Å². The molecule has 0 aliphatic heterocycles. The highest BCUT2D eigenvalue weighted by Crippen LogP contribution is 2.25. The van der Waals surface area contributed by atoms with Crippen LogP contribution in [0.4, 0.5) is 0 Å². The molecule has 19 heavy (non-hydrogen) atoms. The van der Waals surface area contributed by atoms with E-state index in [1.807, 2.05) is 13.0 Å². The highest BCUT2D eigenvalue weighted by atomic mass is 16.3. The van der Waals surface area contributed by atoms with E-state index in [4.69, 9.17) is 4.42 Å². The first-order valence-corrected chi connectivity index (χ1v) is 7.12. The van der Waals surface area contributed by atoms with Crippen molar-refractivity contribution in [1.82, 2.24) is 5.32 Å². The molecule has 1 N–H and O–H groups in total. The molecule has 0 spiro atoms. The van der Waals surface area contributed by atoms with E-state index in [0.29, 0.717) is 6.04 Å². The van der Waals surface area contributed by atoms with Gasteiger partial charge in [-0.25, -0.2) is 0 Å². The standard InChI is InChI=1S/C17H23NO/c1-4-15(14-9-7-6-8-10-14)18-16(5-2)17-12-11-13(3)19-17/h6-12,15-16,18H,4-5H2,1-3H3. The van der Waals surface area contributed by atoms with Gasteiger partial charge >= 0.3 is 0 Å². The van der Waals surface area contributed by atoms with Gasteiger partial charge in [0.2, 0.25) is 0 Å². The molecule has 1 aromatic carbocycles. The van der Waals surface area contributed by atoms with Crippen molar-refractivity contribution in [1.29, 1.82) is 0 Å². The Bertz CT molecular complexity index is 489. The topological polar surface area (TPSA) is 25.2 Å². The van der Waals surface area contributed by atoms with Crippen molar-refractivity contribution in [3.63, 3.8) is 0 Å². The lowest BCUT2D eigenvalue weighted by Gasteiger charge is -2.23. The molecule has 2 nitrogen and oxygen atoms in total. The molecule has 0 aliphatic rings. The fourth-order valence-electron chi connectivity index (χ4n) is 2.42. The Morgan fingerprint density at radius 3 is 2.16 bits per heavy atom. The Morgan fingerprint density at radius 1 is 0.947 bits per heavy atom. The summed E-state index contributed by atoms with van der Waals surface area (Å²) in [6.45, 7) is 6.39. The molecule has 0 aliphatic carbocycles. The van der Waals surface area contributed by atoms with Crippen molar-refractivity contribution in [2.24, 2.45) is 0 Å². The van der Waals surface area contributed by atoms with Crippen molar-refractivity contribution in [3.05, 3.63) is 59.5 Å². The van der Waals surface area contributed by atoms with Crippen LogP contribution in [0.3, 0.4) is 0 Å². The fourth-order valence-corrected chi connectivity index (χ4v) is 2.42. The predicted octanol–water partition coefficient (Wildman–Crippen LogP) is 4.78. The number of hydrogen-bond acceptors (Lipinski definition) is 2. The van der Waals surface area contributed by atoms with Crippen molar-refractivity contribution in [3.8, 4) is 0 Å². The minimum absolute atomic E-state index is 0.277. The molecule has 1 heterocycles. The highest BCUT2D eigenvalue weighted by Gasteiger charge is 2.18. The van der Waals surface area contributed by atoms with Crippen LogP contribution in [-0.2, 0) is 0 Å². The van der Waals surface area contributed by atoms with Crippen LogP contribution in [0.25, 0.3) is 0 Å². The summed E-state index contributed by atoms with van der Waals surface area (Å²) in [7, 11) is 0. The molecule has 0 fully saturated rings. The summed E-state index contributed by atoms with van der Waals surface area (Å²) in [4.78, 5) is 0. The number of aryl methyl sites for hydroxylation is 1. The maximum Gasteiger partial charge on any atom is 0.121 e. The van der Waals surface area contributed by atoms with Gasteiger partial charge in [-0.2, -0.15) is 0 Å². The second kappa shape index (κ2) is 6.58. The van der Waals surface area contributed by atoms with Crippen LogP contribution < -0.4 is 5.32 Å². The van der Waals surface area contributed by atoms with Gasteiger partial charge in [0.05, 0.1) is 6.04 Å². The SMILES string of the molecule is CCC(NC(CC)c1ccc(C)o1)c1ccccc1.